The number of carboxylic acid groups (broad SMARTS) is 1. The van der Waals surface area contributed by atoms with Crippen LogP contribution in [0.1, 0.15) is 19.8 Å². The zero-order valence-corrected chi connectivity index (χ0v) is 6.98. The number of carbonyl (C=O) groups is 1. The van der Waals surface area contributed by atoms with Crippen LogP contribution in [0.5, 0.6) is 0 Å². The van der Waals surface area contributed by atoms with Crippen LogP contribution in [0.2, 0.25) is 0 Å². The number of methoxy groups -OCH3 is 1. The van der Waals surface area contributed by atoms with Crippen molar-refractivity contribution in [2.75, 3.05) is 7.11 Å². The summed E-state index contributed by atoms with van der Waals surface area (Å²) in [6.45, 7) is 1.93. The predicted molar refractivity (Wildman–Crippen MR) is 40.6 cm³/mol. The Labute approximate surface area is 66.8 Å². The number of rotatable bonds is 4. The zero-order chi connectivity index (χ0) is 7.28. The molecule has 1 atom stereocenters. The average Bonchev–Trinajstić information content (AvgIpc) is 1.82. The molecule has 1 N–H and O–H groups in total. The summed E-state index contributed by atoms with van der Waals surface area (Å²) < 4.78 is 4.65. The van der Waals surface area contributed by atoms with Gasteiger partial charge in [-0.3, -0.25) is 0 Å². The van der Waals surface area contributed by atoms with Crippen molar-refractivity contribution in [2.45, 2.75) is 25.9 Å². The van der Waals surface area contributed by atoms with Crippen LogP contribution in [-0.2, 0) is 9.53 Å². The lowest BCUT2D eigenvalue weighted by Gasteiger charge is -2.06. The van der Waals surface area contributed by atoms with E-state index in [0.717, 1.165) is 6.42 Å². The molecule has 4 heteroatoms. The highest BCUT2D eigenvalue weighted by Gasteiger charge is 2.13. The number of halogens is 1. The Balaban J connectivity index is 0. The average molecular weight is 169 g/mol. The molecule has 3 nitrogen and oxygen atoms in total. The maximum absolute atomic E-state index is 10.2. The van der Waals surface area contributed by atoms with Crippen molar-refractivity contribution in [2.24, 2.45) is 0 Å². The predicted octanol–water partition coefficient (Wildman–Crippen LogP) is 1.31. The number of ether oxygens (including phenoxy) is 1. The fourth-order valence-corrected chi connectivity index (χ4v) is 0.604. The summed E-state index contributed by atoms with van der Waals surface area (Å²) in [5, 5.41) is 8.38. The van der Waals surface area contributed by atoms with Crippen LogP contribution >= 0.6 is 12.4 Å². The third-order valence-electron chi connectivity index (χ3n) is 1.11. The second-order valence-corrected chi connectivity index (χ2v) is 1.85. The van der Waals surface area contributed by atoms with Crippen LogP contribution in [0.4, 0.5) is 0 Å². The number of carboxylic acids is 1. The molecule has 0 aliphatic carbocycles. The largest absolute Gasteiger partial charge is 0.479 e. The van der Waals surface area contributed by atoms with Gasteiger partial charge in [0.1, 0.15) is 0 Å². The van der Waals surface area contributed by atoms with Gasteiger partial charge in [0.05, 0.1) is 0 Å². The SMILES string of the molecule is CCCC(OC)C(=O)O.Cl. The first kappa shape index (κ1) is 12.4. The molecule has 0 aromatic heterocycles. The molecule has 10 heavy (non-hydrogen) atoms. The second-order valence-electron chi connectivity index (χ2n) is 1.85. The monoisotopic (exact) mass is 168 g/mol. The molecule has 0 aliphatic rings. The van der Waals surface area contributed by atoms with E-state index in [9.17, 15) is 4.79 Å². The van der Waals surface area contributed by atoms with Gasteiger partial charge in [0.25, 0.3) is 0 Å². The summed E-state index contributed by atoms with van der Waals surface area (Å²) >= 11 is 0. The minimum Gasteiger partial charge on any atom is -0.479 e. The molecule has 0 radical (unpaired) electrons. The first-order valence-corrected chi connectivity index (χ1v) is 2.98. The minimum absolute atomic E-state index is 0. The molecule has 0 heterocycles. The van der Waals surface area contributed by atoms with Crippen LogP contribution < -0.4 is 0 Å². The molecule has 0 amide bonds. The molecular weight excluding hydrogens is 156 g/mol. The highest BCUT2D eigenvalue weighted by atomic mass is 35.5. The molecule has 0 fully saturated rings. The summed E-state index contributed by atoms with van der Waals surface area (Å²) in [7, 11) is 1.41. The van der Waals surface area contributed by atoms with E-state index in [1.54, 1.807) is 0 Å². The lowest BCUT2D eigenvalue weighted by molar-refractivity contribution is -0.148. The Morgan fingerprint density at radius 3 is 2.30 bits per heavy atom. The van der Waals surface area contributed by atoms with Gasteiger partial charge in [0.15, 0.2) is 6.10 Å². The lowest BCUT2D eigenvalue weighted by Crippen LogP contribution is -2.21. The highest BCUT2D eigenvalue weighted by Crippen LogP contribution is 1.99. The third-order valence-corrected chi connectivity index (χ3v) is 1.11. The number of hydrogen-bond acceptors (Lipinski definition) is 2. The zero-order valence-electron chi connectivity index (χ0n) is 6.16. The minimum atomic E-state index is -0.876. The van der Waals surface area contributed by atoms with E-state index in [4.69, 9.17) is 5.11 Å². The topological polar surface area (TPSA) is 46.5 Å². The van der Waals surface area contributed by atoms with E-state index < -0.39 is 12.1 Å². The standard InChI is InChI=1S/C6H12O3.ClH/c1-3-4-5(9-2)6(7)8;/h5H,3-4H2,1-2H3,(H,7,8);1H. The smallest absolute Gasteiger partial charge is 0.332 e. The normalized spacial score (nSPS) is 11.8. The van der Waals surface area contributed by atoms with Gasteiger partial charge in [0, 0.05) is 7.11 Å². The molecule has 0 rings (SSSR count). The van der Waals surface area contributed by atoms with E-state index >= 15 is 0 Å². The summed E-state index contributed by atoms with van der Waals surface area (Å²) in [6.07, 6.45) is 0.811. The lowest BCUT2D eigenvalue weighted by atomic mass is 10.2. The summed E-state index contributed by atoms with van der Waals surface area (Å²) in [5.74, 6) is -0.876. The molecule has 0 saturated carbocycles. The van der Waals surface area contributed by atoms with Gasteiger partial charge >= 0.3 is 5.97 Å². The van der Waals surface area contributed by atoms with E-state index in [0.29, 0.717) is 6.42 Å². The molecule has 0 aromatic carbocycles. The second kappa shape index (κ2) is 6.83. The van der Waals surface area contributed by atoms with E-state index in [2.05, 4.69) is 4.74 Å². The molecule has 0 aliphatic heterocycles. The molecule has 0 saturated heterocycles. The molecule has 62 valence electrons. The van der Waals surface area contributed by atoms with Crippen molar-refractivity contribution in [3.8, 4) is 0 Å². The third kappa shape index (κ3) is 4.58. The van der Waals surface area contributed by atoms with Gasteiger partial charge in [-0.25, -0.2) is 4.79 Å². The van der Waals surface area contributed by atoms with Gasteiger partial charge in [0.2, 0.25) is 0 Å². The summed E-state index contributed by atoms with van der Waals surface area (Å²) in [5.41, 5.74) is 0. The quantitative estimate of drug-likeness (QED) is 0.689. The first-order chi connectivity index (χ1) is 4.22. The van der Waals surface area contributed by atoms with Crippen molar-refractivity contribution in [1.29, 1.82) is 0 Å². The molecular formula is C6H13ClO3. The van der Waals surface area contributed by atoms with Crippen molar-refractivity contribution in [3.05, 3.63) is 0 Å². The fourth-order valence-electron chi connectivity index (χ4n) is 0.604. The Morgan fingerprint density at radius 1 is 1.70 bits per heavy atom. The Morgan fingerprint density at radius 2 is 2.20 bits per heavy atom. The Hall–Kier alpha value is -0.280. The molecule has 0 bridgehead atoms. The number of hydrogen-bond donors (Lipinski definition) is 1. The van der Waals surface area contributed by atoms with E-state index in [1.807, 2.05) is 6.92 Å². The van der Waals surface area contributed by atoms with E-state index in [1.165, 1.54) is 7.11 Å². The summed E-state index contributed by atoms with van der Waals surface area (Å²) in [4.78, 5) is 10.2. The van der Waals surface area contributed by atoms with Crippen molar-refractivity contribution >= 4 is 18.4 Å². The van der Waals surface area contributed by atoms with Gasteiger partial charge in [-0.05, 0) is 6.42 Å². The maximum atomic E-state index is 10.2. The van der Waals surface area contributed by atoms with Crippen LogP contribution in [0.3, 0.4) is 0 Å². The Kier molecular flexibility index (Phi) is 8.48. The fraction of sp³-hybridized carbons (Fsp3) is 0.833. The van der Waals surface area contributed by atoms with Crippen molar-refractivity contribution in [1.82, 2.24) is 0 Å². The van der Waals surface area contributed by atoms with Gasteiger partial charge < -0.3 is 9.84 Å². The first-order valence-electron chi connectivity index (χ1n) is 2.98. The van der Waals surface area contributed by atoms with E-state index in [-0.39, 0.29) is 12.4 Å². The molecule has 0 aromatic rings. The van der Waals surface area contributed by atoms with Crippen LogP contribution in [0, 0.1) is 0 Å². The van der Waals surface area contributed by atoms with Gasteiger partial charge in [-0.15, -0.1) is 12.4 Å². The highest BCUT2D eigenvalue weighted by molar-refractivity contribution is 5.85. The van der Waals surface area contributed by atoms with Crippen molar-refractivity contribution < 1.29 is 14.6 Å². The maximum Gasteiger partial charge on any atom is 0.332 e. The summed E-state index contributed by atoms with van der Waals surface area (Å²) in [6, 6.07) is 0. The molecule has 0 spiro atoms. The Bertz CT molecular complexity index is 95.0. The van der Waals surface area contributed by atoms with Crippen molar-refractivity contribution in [3.63, 3.8) is 0 Å². The number of aliphatic carboxylic acids is 1. The van der Waals surface area contributed by atoms with Crippen LogP contribution in [0.15, 0.2) is 0 Å². The van der Waals surface area contributed by atoms with Crippen LogP contribution in [0.25, 0.3) is 0 Å². The van der Waals surface area contributed by atoms with Crippen LogP contribution in [-0.4, -0.2) is 24.3 Å². The molecule has 1 unspecified atom stereocenters. The van der Waals surface area contributed by atoms with Gasteiger partial charge in [-0.1, -0.05) is 13.3 Å². The van der Waals surface area contributed by atoms with Gasteiger partial charge in [-0.2, -0.15) is 0 Å².